The number of nitrogens with zero attached hydrogens (tertiary/aromatic N) is 1. The van der Waals surface area contributed by atoms with E-state index < -0.39 is 35.7 Å². The average molecular weight is 504 g/mol. The van der Waals surface area contributed by atoms with Crippen LogP contribution in [0.3, 0.4) is 0 Å². The summed E-state index contributed by atoms with van der Waals surface area (Å²) >= 11 is 0. The highest BCUT2D eigenvalue weighted by Crippen LogP contribution is 2.37. The number of amides is 3. The second kappa shape index (κ2) is 12.2. The fourth-order valence-corrected chi connectivity index (χ4v) is 4.07. The van der Waals surface area contributed by atoms with Gasteiger partial charge >= 0.3 is 12.1 Å². The first kappa shape index (κ1) is 29.1. The van der Waals surface area contributed by atoms with E-state index in [4.69, 9.17) is 4.74 Å². The number of ether oxygens (including phenoxy) is 2. The van der Waals surface area contributed by atoms with Crippen molar-refractivity contribution >= 4 is 23.9 Å². The minimum absolute atomic E-state index is 0.0997. The van der Waals surface area contributed by atoms with Crippen LogP contribution in [0, 0.1) is 19.8 Å². The van der Waals surface area contributed by atoms with Crippen LogP contribution in [-0.2, 0) is 23.9 Å². The van der Waals surface area contributed by atoms with Crippen LogP contribution in [0.15, 0.2) is 18.2 Å². The molecule has 0 aromatic heterocycles. The first-order valence-electron chi connectivity index (χ1n) is 12.5. The van der Waals surface area contributed by atoms with Crippen molar-refractivity contribution in [3.63, 3.8) is 0 Å². The van der Waals surface area contributed by atoms with Crippen LogP contribution in [0.2, 0.25) is 0 Å². The molecule has 2 unspecified atom stereocenters. The molecule has 0 heterocycles. The summed E-state index contributed by atoms with van der Waals surface area (Å²) in [7, 11) is 1.25. The third-order valence-corrected chi connectivity index (χ3v) is 5.77. The third-order valence-electron chi connectivity index (χ3n) is 5.77. The Bertz CT molecular complexity index is 965. The van der Waals surface area contributed by atoms with Gasteiger partial charge in [-0.05, 0) is 70.9 Å². The molecule has 0 radical (unpaired) electrons. The SMILES string of the molecule is COC(=O)CNC(=O)C(c1ccc(C)cc1C)N(C(=O)C(CC(C)C)NC(=O)OC(C)(C)C)C1CC1. The average Bonchev–Trinajstić information content (AvgIpc) is 3.58. The zero-order chi connectivity index (χ0) is 27.2. The molecule has 0 saturated heterocycles. The van der Waals surface area contributed by atoms with Gasteiger partial charge in [0.2, 0.25) is 11.8 Å². The molecule has 200 valence electrons. The summed E-state index contributed by atoms with van der Waals surface area (Å²) < 4.78 is 10.1. The molecule has 9 heteroatoms. The number of alkyl carbamates (subject to hydrolysis) is 1. The summed E-state index contributed by atoms with van der Waals surface area (Å²) in [4.78, 5) is 53.5. The zero-order valence-electron chi connectivity index (χ0n) is 22.8. The Hall–Kier alpha value is -3.10. The van der Waals surface area contributed by atoms with Crippen molar-refractivity contribution < 1.29 is 28.7 Å². The normalized spacial score (nSPS) is 15.0. The number of rotatable bonds is 10. The molecule has 9 nitrogen and oxygen atoms in total. The van der Waals surface area contributed by atoms with Crippen LogP contribution in [0.5, 0.6) is 0 Å². The van der Waals surface area contributed by atoms with Crippen molar-refractivity contribution in [2.24, 2.45) is 5.92 Å². The monoisotopic (exact) mass is 503 g/mol. The van der Waals surface area contributed by atoms with Gasteiger partial charge in [-0.25, -0.2) is 4.79 Å². The first-order chi connectivity index (χ1) is 16.7. The number of carbonyl (C=O) groups is 4. The summed E-state index contributed by atoms with van der Waals surface area (Å²) in [5.41, 5.74) is 1.83. The van der Waals surface area contributed by atoms with E-state index in [9.17, 15) is 19.2 Å². The van der Waals surface area contributed by atoms with Gasteiger partial charge in [0.1, 0.15) is 24.2 Å². The van der Waals surface area contributed by atoms with E-state index in [0.717, 1.165) is 24.0 Å². The van der Waals surface area contributed by atoms with Gasteiger partial charge in [-0.15, -0.1) is 0 Å². The smallest absolute Gasteiger partial charge is 0.408 e. The molecule has 0 spiro atoms. The fraction of sp³-hybridized carbons (Fsp3) is 0.630. The topological polar surface area (TPSA) is 114 Å². The third kappa shape index (κ3) is 8.53. The van der Waals surface area contributed by atoms with Crippen molar-refractivity contribution in [2.75, 3.05) is 13.7 Å². The van der Waals surface area contributed by atoms with Gasteiger partial charge in [-0.3, -0.25) is 14.4 Å². The van der Waals surface area contributed by atoms with Gasteiger partial charge in [0.15, 0.2) is 0 Å². The highest BCUT2D eigenvalue weighted by atomic mass is 16.6. The Morgan fingerprint density at radius 2 is 1.75 bits per heavy atom. The van der Waals surface area contributed by atoms with Crippen molar-refractivity contribution in [3.8, 4) is 0 Å². The van der Waals surface area contributed by atoms with Gasteiger partial charge in [-0.2, -0.15) is 0 Å². The number of carbonyl (C=O) groups excluding carboxylic acids is 4. The molecule has 1 aromatic rings. The number of esters is 1. The Balaban J connectivity index is 2.47. The van der Waals surface area contributed by atoms with Crippen molar-refractivity contribution in [1.29, 1.82) is 0 Å². The summed E-state index contributed by atoms with van der Waals surface area (Å²) in [5, 5.41) is 5.36. The lowest BCUT2D eigenvalue weighted by Gasteiger charge is -2.35. The standard InChI is InChI=1S/C27H41N3O6/c1-16(2)13-21(29-26(34)36-27(5,6)7)25(33)30(19-10-11-19)23(24(32)28-15-22(31)35-8)20-12-9-17(3)14-18(20)4/h9,12,14,16,19,21,23H,10-11,13,15H2,1-8H3,(H,28,32)(H,29,34). The van der Waals surface area contributed by atoms with Crippen LogP contribution in [0.4, 0.5) is 4.79 Å². The lowest BCUT2D eigenvalue weighted by molar-refractivity contribution is -0.145. The van der Waals surface area contributed by atoms with Crippen molar-refractivity contribution in [3.05, 3.63) is 34.9 Å². The number of methoxy groups -OCH3 is 1. The summed E-state index contributed by atoms with van der Waals surface area (Å²) in [5.74, 6) is -1.32. The molecular weight excluding hydrogens is 462 g/mol. The number of aryl methyl sites for hydroxylation is 2. The molecule has 0 aliphatic heterocycles. The molecule has 1 fully saturated rings. The molecule has 1 aliphatic rings. The fourth-order valence-electron chi connectivity index (χ4n) is 4.07. The summed E-state index contributed by atoms with van der Waals surface area (Å²) in [6, 6.07) is 3.70. The number of hydrogen-bond acceptors (Lipinski definition) is 6. The van der Waals surface area contributed by atoms with Crippen molar-refractivity contribution in [1.82, 2.24) is 15.5 Å². The van der Waals surface area contributed by atoms with Crippen molar-refractivity contribution in [2.45, 2.75) is 91.5 Å². The highest BCUT2D eigenvalue weighted by Gasteiger charge is 2.44. The van der Waals surface area contributed by atoms with E-state index in [-0.39, 0.29) is 24.4 Å². The Morgan fingerprint density at radius 1 is 1.11 bits per heavy atom. The quantitative estimate of drug-likeness (QED) is 0.472. The van der Waals surface area contributed by atoms with Gasteiger partial charge in [0.05, 0.1) is 7.11 Å². The molecule has 2 atom stereocenters. The molecule has 2 rings (SSSR count). The van der Waals surface area contributed by atoms with Crippen LogP contribution in [0.1, 0.15) is 76.6 Å². The van der Waals surface area contributed by atoms with E-state index in [1.165, 1.54) is 7.11 Å². The zero-order valence-corrected chi connectivity index (χ0v) is 22.8. The molecule has 1 aliphatic carbocycles. The number of nitrogens with one attached hydrogen (secondary N) is 2. The molecule has 2 N–H and O–H groups in total. The van der Waals surface area contributed by atoms with Crippen LogP contribution in [0.25, 0.3) is 0 Å². The predicted octanol–water partition coefficient (Wildman–Crippen LogP) is 3.56. The van der Waals surface area contributed by atoms with E-state index in [1.807, 2.05) is 45.9 Å². The first-order valence-corrected chi connectivity index (χ1v) is 12.5. The van der Waals surface area contributed by atoms with Crippen LogP contribution < -0.4 is 10.6 Å². The minimum atomic E-state index is -0.967. The van der Waals surface area contributed by atoms with Gasteiger partial charge in [-0.1, -0.05) is 37.6 Å². The maximum atomic E-state index is 14.0. The number of hydrogen-bond donors (Lipinski definition) is 2. The molecule has 0 bridgehead atoms. The molecule has 1 saturated carbocycles. The van der Waals surface area contributed by atoms with E-state index in [2.05, 4.69) is 15.4 Å². The van der Waals surface area contributed by atoms with E-state index in [1.54, 1.807) is 25.7 Å². The highest BCUT2D eigenvalue weighted by molar-refractivity contribution is 5.93. The Morgan fingerprint density at radius 3 is 2.25 bits per heavy atom. The van der Waals surface area contributed by atoms with E-state index >= 15 is 0 Å². The van der Waals surface area contributed by atoms with Gasteiger partial charge in [0, 0.05) is 6.04 Å². The van der Waals surface area contributed by atoms with Gasteiger partial charge < -0.3 is 25.0 Å². The maximum absolute atomic E-state index is 14.0. The molecular formula is C27H41N3O6. The molecule has 1 aromatic carbocycles. The van der Waals surface area contributed by atoms with E-state index in [0.29, 0.717) is 12.0 Å². The lowest BCUT2D eigenvalue weighted by atomic mass is 9.95. The second-order valence-electron chi connectivity index (χ2n) is 10.9. The Kier molecular flexibility index (Phi) is 9.90. The predicted molar refractivity (Wildman–Crippen MR) is 136 cm³/mol. The summed E-state index contributed by atoms with van der Waals surface area (Å²) in [6.45, 7) is 12.7. The maximum Gasteiger partial charge on any atom is 0.408 e. The minimum Gasteiger partial charge on any atom is -0.468 e. The molecule has 36 heavy (non-hydrogen) atoms. The van der Waals surface area contributed by atoms with Crippen LogP contribution in [-0.4, -0.2) is 60.1 Å². The summed E-state index contributed by atoms with van der Waals surface area (Å²) in [6.07, 6.45) is 1.19. The Labute approximate surface area is 214 Å². The van der Waals surface area contributed by atoms with Crippen LogP contribution >= 0.6 is 0 Å². The largest absolute Gasteiger partial charge is 0.468 e. The number of benzene rings is 1. The second-order valence-corrected chi connectivity index (χ2v) is 10.9. The lowest BCUT2D eigenvalue weighted by Crippen LogP contribution is -2.54. The van der Waals surface area contributed by atoms with Gasteiger partial charge in [0.25, 0.3) is 0 Å². The molecule has 3 amide bonds.